The van der Waals surface area contributed by atoms with E-state index < -0.39 is 0 Å². The van der Waals surface area contributed by atoms with Gasteiger partial charge in [0.25, 0.3) is 0 Å². The van der Waals surface area contributed by atoms with Gasteiger partial charge in [0.1, 0.15) is 0 Å². The zero-order chi connectivity index (χ0) is 23.9. The first kappa shape index (κ1) is 20.9. The standard InChI is InChI=1S/C36H26/c1-2-10-25(11-3-1)22-26-23-35-33(31-18-8-14-27-12-4-6-16-29(27)31)20-21-34(36(35)24-26)32-19-9-15-28-13-5-7-17-30(28)32/h1-21,23H,22,24H2. The summed E-state index contributed by atoms with van der Waals surface area (Å²) in [5.41, 5.74) is 11.0. The molecule has 0 amide bonds. The summed E-state index contributed by atoms with van der Waals surface area (Å²) in [6.45, 7) is 0. The highest BCUT2D eigenvalue weighted by Crippen LogP contribution is 2.43. The lowest BCUT2D eigenvalue weighted by molar-refractivity contribution is 1.07. The Hall–Kier alpha value is -4.42. The SMILES string of the molecule is C1=C(Cc2ccccc2)Cc2c(-c3cccc4ccccc34)ccc(-c3cccc4ccccc34)c21. The smallest absolute Gasteiger partial charge is 0.00481 e. The van der Waals surface area contributed by atoms with Crippen molar-refractivity contribution in [3.05, 3.63) is 150 Å². The second-order valence-electron chi connectivity index (χ2n) is 9.75. The second kappa shape index (κ2) is 8.66. The van der Waals surface area contributed by atoms with Crippen LogP contribution in [0.3, 0.4) is 0 Å². The predicted octanol–water partition coefficient (Wildman–Crippen LogP) is 9.51. The Kier molecular flexibility index (Phi) is 5.03. The molecule has 0 unspecified atom stereocenters. The van der Waals surface area contributed by atoms with Gasteiger partial charge in [-0.25, -0.2) is 0 Å². The quantitative estimate of drug-likeness (QED) is 0.247. The molecule has 36 heavy (non-hydrogen) atoms. The van der Waals surface area contributed by atoms with Crippen LogP contribution in [-0.2, 0) is 12.8 Å². The van der Waals surface area contributed by atoms with Crippen LogP contribution in [0.1, 0.15) is 16.7 Å². The molecule has 0 aliphatic heterocycles. The Bertz CT molecular complexity index is 1760. The molecular weight excluding hydrogens is 432 g/mol. The summed E-state index contributed by atoms with van der Waals surface area (Å²) >= 11 is 0. The number of allylic oxidation sites excluding steroid dienone is 1. The minimum absolute atomic E-state index is 0.986. The maximum Gasteiger partial charge on any atom is -0.00481 e. The van der Waals surface area contributed by atoms with Crippen LogP contribution in [0.2, 0.25) is 0 Å². The van der Waals surface area contributed by atoms with Crippen LogP contribution in [0.25, 0.3) is 49.9 Å². The molecule has 0 heteroatoms. The van der Waals surface area contributed by atoms with Gasteiger partial charge in [-0.1, -0.05) is 139 Å². The van der Waals surface area contributed by atoms with Crippen molar-refractivity contribution in [2.75, 3.05) is 0 Å². The summed E-state index contributed by atoms with van der Waals surface area (Å²) in [6, 6.07) is 46.4. The molecule has 1 aliphatic rings. The Morgan fingerprint density at radius 1 is 0.444 bits per heavy atom. The van der Waals surface area contributed by atoms with Crippen molar-refractivity contribution in [1.82, 2.24) is 0 Å². The molecule has 0 nitrogen and oxygen atoms in total. The van der Waals surface area contributed by atoms with Gasteiger partial charge >= 0.3 is 0 Å². The number of rotatable bonds is 4. The van der Waals surface area contributed by atoms with Crippen molar-refractivity contribution >= 4 is 27.6 Å². The Balaban J connectivity index is 1.45. The molecular formula is C36H26. The lowest BCUT2D eigenvalue weighted by Gasteiger charge is -2.16. The lowest BCUT2D eigenvalue weighted by Crippen LogP contribution is -1.95. The van der Waals surface area contributed by atoms with Crippen LogP contribution in [0.15, 0.2) is 133 Å². The molecule has 0 saturated carbocycles. The first-order valence-electron chi connectivity index (χ1n) is 12.7. The molecule has 0 atom stereocenters. The van der Waals surface area contributed by atoms with Crippen molar-refractivity contribution in [3.63, 3.8) is 0 Å². The maximum absolute atomic E-state index is 2.47. The van der Waals surface area contributed by atoms with E-state index in [0.29, 0.717) is 0 Å². The van der Waals surface area contributed by atoms with E-state index in [1.807, 2.05) is 0 Å². The summed E-state index contributed by atoms with van der Waals surface area (Å²) in [6.07, 6.45) is 4.44. The van der Waals surface area contributed by atoms with Crippen molar-refractivity contribution in [2.24, 2.45) is 0 Å². The van der Waals surface area contributed by atoms with Crippen molar-refractivity contribution in [3.8, 4) is 22.3 Å². The lowest BCUT2D eigenvalue weighted by atomic mass is 9.87. The van der Waals surface area contributed by atoms with Gasteiger partial charge in [-0.15, -0.1) is 0 Å². The average Bonchev–Trinajstić information content (AvgIpc) is 3.36. The van der Waals surface area contributed by atoms with E-state index in [1.165, 1.54) is 66.1 Å². The molecule has 0 aromatic heterocycles. The van der Waals surface area contributed by atoms with E-state index in [2.05, 4.69) is 133 Å². The molecule has 0 spiro atoms. The minimum Gasteiger partial charge on any atom is -0.0622 e. The van der Waals surface area contributed by atoms with Gasteiger partial charge < -0.3 is 0 Å². The second-order valence-corrected chi connectivity index (χ2v) is 9.75. The molecule has 6 aromatic rings. The zero-order valence-corrected chi connectivity index (χ0v) is 20.1. The van der Waals surface area contributed by atoms with Gasteiger partial charge in [-0.3, -0.25) is 0 Å². The topological polar surface area (TPSA) is 0 Å². The number of benzene rings is 6. The fraction of sp³-hybridized carbons (Fsp3) is 0.0556. The largest absolute Gasteiger partial charge is 0.0622 e. The number of hydrogen-bond acceptors (Lipinski definition) is 0. The summed E-state index contributed by atoms with van der Waals surface area (Å²) in [5.74, 6) is 0. The monoisotopic (exact) mass is 458 g/mol. The van der Waals surface area contributed by atoms with Crippen molar-refractivity contribution in [1.29, 1.82) is 0 Å². The van der Waals surface area contributed by atoms with E-state index >= 15 is 0 Å². The van der Waals surface area contributed by atoms with Crippen LogP contribution in [0.5, 0.6) is 0 Å². The fourth-order valence-corrected chi connectivity index (χ4v) is 5.88. The number of fused-ring (bicyclic) bond motifs is 3. The summed E-state index contributed by atoms with van der Waals surface area (Å²) in [7, 11) is 0. The predicted molar refractivity (Wildman–Crippen MR) is 154 cm³/mol. The van der Waals surface area contributed by atoms with E-state index in [0.717, 1.165) is 12.8 Å². The third-order valence-corrected chi connectivity index (χ3v) is 7.54. The van der Waals surface area contributed by atoms with Crippen LogP contribution < -0.4 is 0 Å². The van der Waals surface area contributed by atoms with Crippen molar-refractivity contribution < 1.29 is 0 Å². The van der Waals surface area contributed by atoms with Crippen LogP contribution in [0, 0.1) is 0 Å². The summed E-state index contributed by atoms with van der Waals surface area (Å²) in [5, 5.41) is 5.20. The van der Waals surface area contributed by atoms with Gasteiger partial charge in [-0.05, 0) is 73.3 Å². The molecule has 7 rings (SSSR count). The van der Waals surface area contributed by atoms with E-state index in [-0.39, 0.29) is 0 Å². The van der Waals surface area contributed by atoms with E-state index in [9.17, 15) is 0 Å². The van der Waals surface area contributed by atoms with Crippen molar-refractivity contribution in [2.45, 2.75) is 12.8 Å². The Morgan fingerprint density at radius 3 is 1.69 bits per heavy atom. The molecule has 6 aromatic carbocycles. The van der Waals surface area contributed by atoms with Gasteiger partial charge in [0, 0.05) is 0 Å². The normalized spacial score (nSPS) is 12.6. The molecule has 0 fully saturated rings. The highest BCUT2D eigenvalue weighted by molar-refractivity contribution is 6.02. The molecule has 1 aliphatic carbocycles. The molecule has 0 saturated heterocycles. The van der Waals surface area contributed by atoms with Gasteiger partial charge in [0.2, 0.25) is 0 Å². The van der Waals surface area contributed by atoms with E-state index in [4.69, 9.17) is 0 Å². The van der Waals surface area contributed by atoms with Gasteiger partial charge in [0.05, 0.1) is 0 Å². The molecule has 170 valence electrons. The molecule has 0 radical (unpaired) electrons. The fourth-order valence-electron chi connectivity index (χ4n) is 5.88. The Labute approximate surface area is 212 Å². The molecule has 0 N–H and O–H groups in total. The third-order valence-electron chi connectivity index (χ3n) is 7.54. The highest BCUT2D eigenvalue weighted by Gasteiger charge is 2.22. The average molecular weight is 459 g/mol. The van der Waals surface area contributed by atoms with Crippen LogP contribution in [-0.4, -0.2) is 0 Å². The van der Waals surface area contributed by atoms with Crippen LogP contribution >= 0.6 is 0 Å². The third kappa shape index (κ3) is 3.54. The summed E-state index contributed by atoms with van der Waals surface area (Å²) < 4.78 is 0. The first-order chi connectivity index (χ1) is 17.8. The Morgan fingerprint density at radius 2 is 1.00 bits per heavy atom. The molecule has 0 heterocycles. The summed E-state index contributed by atoms with van der Waals surface area (Å²) in [4.78, 5) is 0. The number of hydrogen-bond donors (Lipinski definition) is 0. The van der Waals surface area contributed by atoms with Crippen LogP contribution in [0.4, 0.5) is 0 Å². The highest BCUT2D eigenvalue weighted by atomic mass is 14.3. The molecule has 0 bridgehead atoms. The zero-order valence-electron chi connectivity index (χ0n) is 20.1. The van der Waals surface area contributed by atoms with Gasteiger partial charge in [0.15, 0.2) is 0 Å². The minimum atomic E-state index is 0.986. The van der Waals surface area contributed by atoms with Gasteiger partial charge in [-0.2, -0.15) is 0 Å². The van der Waals surface area contributed by atoms with E-state index in [1.54, 1.807) is 0 Å². The maximum atomic E-state index is 2.47. The first-order valence-corrected chi connectivity index (χ1v) is 12.7.